The van der Waals surface area contributed by atoms with Crippen molar-refractivity contribution in [2.75, 3.05) is 6.54 Å². The molecule has 1 saturated heterocycles. The SMILES string of the molecule is C[n+]1ccn(C[C@@H]2CCCN2S(=O)(=O)[O-])c1. The molecule has 2 heterocycles. The molecule has 90 valence electrons. The van der Waals surface area contributed by atoms with E-state index in [1.807, 2.05) is 34.9 Å². The Balaban J connectivity index is 2.10. The Morgan fingerprint density at radius 2 is 2.31 bits per heavy atom. The Morgan fingerprint density at radius 1 is 1.56 bits per heavy atom. The molecule has 0 radical (unpaired) electrons. The van der Waals surface area contributed by atoms with Gasteiger partial charge >= 0.3 is 0 Å². The summed E-state index contributed by atoms with van der Waals surface area (Å²) < 4.78 is 37.8. The Bertz CT molecular complexity index is 468. The van der Waals surface area contributed by atoms with Gasteiger partial charge in [0.2, 0.25) is 6.33 Å². The zero-order valence-corrected chi connectivity index (χ0v) is 9.93. The highest BCUT2D eigenvalue weighted by Crippen LogP contribution is 2.21. The Kier molecular flexibility index (Phi) is 3.00. The maximum atomic E-state index is 11.0. The molecule has 1 atom stereocenters. The first-order valence-corrected chi connectivity index (χ1v) is 6.57. The van der Waals surface area contributed by atoms with Crippen LogP contribution in [0.15, 0.2) is 18.7 Å². The van der Waals surface area contributed by atoms with Gasteiger partial charge in [-0.15, -0.1) is 0 Å². The van der Waals surface area contributed by atoms with Gasteiger partial charge in [0.15, 0.2) is 10.3 Å². The topological polar surface area (TPSA) is 69.2 Å². The third-order valence-electron chi connectivity index (χ3n) is 2.86. The van der Waals surface area contributed by atoms with Crippen LogP contribution in [0.2, 0.25) is 0 Å². The number of aromatic nitrogens is 2. The molecule has 0 aromatic carbocycles. The van der Waals surface area contributed by atoms with Crippen LogP contribution in [-0.2, 0) is 23.9 Å². The van der Waals surface area contributed by atoms with Crippen LogP contribution in [0, 0.1) is 0 Å². The minimum Gasteiger partial charge on any atom is -0.735 e. The summed E-state index contributed by atoms with van der Waals surface area (Å²) in [5.74, 6) is 0. The van der Waals surface area contributed by atoms with E-state index in [2.05, 4.69) is 0 Å². The molecule has 0 saturated carbocycles. The van der Waals surface area contributed by atoms with E-state index in [4.69, 9.17) is 0 Å². The highest BCUT2D eigenvalue weighted by Gasteiger charge is 2.30. The summed E-state index contributed by atoms with van der Waals surface area (Å²) in [6.45, 7) is 0.895. The highest BCUT2D eigenvalue weighted by atomic mass is 32.2. The molecule has 0 spiro atoms. The summed E-state index contributed by atoms with van der Waals surface area (Å²) in [5.41, 5.74) is 0. The second-order valence-corrected chi connectivity index (χ2v) is 5.46. The van der Waals surface area contributed by atoms with Crippen LogP contribution in [0.5, 0.6) is 0 Å². The van der Waals surface area contributed by atoms with E-state index in [9.17, 15) is 13.0 Å². The Morgan fingerprint density at radius 3 is 2.88 bits per heavy atom. The summed E-state index contributed by atoms with van der Waals surface area (Å²) in [6.07, 6.45) is 7.13. The van der Waals surface area contributed by atoms with Gasteiger partial charge in [-0.3, -0.25) is 0 Å². The zero-order valence-electron chi connectivity index (χ0n) is 9.11. The minimum absolute atomic E-state index is 0.199. The van der Waals surface area contributed by atoms with Gasteiger partial charge in [-0.25, -0.2) is 21.9 Å². The predicted molar refractivity (Wildman–Crippen MR) is 55.0 cm³/mol. The van der Waals surface area contributed by atoms with E-state index in [1.54, 1.807) is 0 Å². The predicted octanol–water partition coefficient (Wildman–Crippen LogP) is -0.763. The largest absolute Gasteiger partial charge is 0.735 e. The molecule has 1 aromatic heterocycles. The van der Waals surface area contributed by atoms with Crippen LogP contribution in [0.25, 0.3) is 0 Å². The van der Waals surface area contributed by atoms with E-state index in [0.29, 0.717) is 13.1 Å². The first-order valence-electron chi connectivity index (χ1n) is 5.20. The Hall–Kier alpha value is -0.920. The molecular formula is C9H15N3O3S. The van der Waals surface area contributed by atoms with Crippen LogP contribution in [-0.4, -0.2) is 34.4 Å². The fourth-order valence-electron chi connectivity index (χ4n) is 2.14. The molecule has 0 N–H and O–H groups in total. The quantitative estimate of drug-likeness (QED) is 0.519. The summed E-state index contributed by atoms with van der Waals surface area (Å²) >= 11 is 0. The molecule has 7 heteroatoms. The van der Waals surface area contributed by atoms with Gasteiger partial charge in [-0.05, 0) is 12.8 Å². The zero-order chi connectivity index (χ0) is 11.8. The van der Waals surface area contributed by atoms with Crippen molar-refractivity contribution in [3.8, 4) is 0 Å². The summed E-state index contributed by atoms with van der Waals surface area (Å²) in [5, 5.41) is 0. The number of aryl methyl sites for hydroxylation is 1. The molecule has 16 heavy (non-hydrogen) atoms. The van der Waals surface area contributed by atoms with Crippen molar-refractivity contribution >= 4 is 10.3 Å². The van der Waals surface area contributed by atoms with Crippen molar-refractivity contribution < 1.29 is 17.5 Å². The average Bonchev–Trinajstić information content (AvgIpc) is 2.74. The van der Waals surface area contributed by atoms with Gasteiger partial charge in [0.05, 0.1) is 13.1 Å². The van der Waals surface area contributed by atoms with Crippen molar-refractivity contribution in [2.24, 2.45) is 7.05 Å². The van der Waals surface area contributed by atoms with Crippen molar-refractivity contribution in [2.45, 2.75) is 25.4 Å². The monoisotopic (exact) mass is 245 g/mol. The summed E-state index contributed by atoms with van der Waals surface area (Å²) in [7, 11) is -2.41. The molecule has 0 unspecified atom stereocenters. The maximum absolute atomic E-state index is 11.0. The van der Waals surface area contributed by atoms with E-state index < -0.39 is 10.3 Å². The second-order valence-electron chi connectivity index (χ2n) is 4.14. The molecule has 0 bridgehead atoms. The Labute approximate surface area is 95.0 Å². The normalized spacial score (nSPS) is 22.8. The first-order chi connectivity index (χ1) is 7.47. The fourth-order valence-corrected chi connectivity index (χ4v) is 3.03. The molecule has 2 rings (SSSR count). The van der Waals surface area contributed by atoms with Gasteiger partial charge in [-0.2, -0.15) is 0 Å². The number of hydrogen-bond acceptors (Lipinski definition) is 3. The van der Waals surface area contributed by atoms with Crippen LogP contribution < -0.4 is 4.57 Å². The summed E-state index contributed by atoms with van der Waals surface area (Å²) in [4.78, 5) is 0. The lowest BCUT2D eigenvalue weighted by molar-refractivity contribution is -0.671. The lowest BCUT2D eigenvalue weighted by atomic mass is 10.2. The van der Waals surface area contributed by atoms with Gasteiger partial charge in [-0.1, -0.05) is 0 Å². The van der Waals surface area contributed by atoms with Gasteiger partial charge in [0.1, 0.15) is 18.9 Å². The van der Waals surface area contributed by atoms with E-state index in [0.717, 1.165) is 17.1 Å². The molecule has 1 aliphatic rings. The fraction of sp³-hybridized carbons (Fsp3) is 0.667. The van der Waals surface area contributed by atoms with Crippen molar-refractivity contribution in [3.05, 3.63) is 18.7 Å². The van der Waals surface area contributed by atoms with E-state index in [-0.39, 0.29) is 6.04 Å². The molecule has 0 amide bonds. The number of nitrogens with zero attached hydrogens (tertiary/aromatic N) is 3. The van der Waals surface area contributed by atoms with Crippen LogP contribution in [0.4, 0.5) is 0 Å². The lowest BCUT2D eigenvalue weighted by Crippen LogP contribution is -2.37. The first kappa shape index (κ1) is 11.6. The summed E-state index contributed by atoms with van der Waals surface area (Å²) in [6, 6.07) is -0.199. The molecule has 1 aliphatic heterocycles. The van der Waals surface area contributed by atoms with E-state index >= 15 is 0 Å². The molecular weight excluding hydrogens is 230 g/mol. The number of imidazole rings is 1. The standard InChI is InChI=1S/C9H15N3O3S/c1-10-5-6-11(8-10)7-9-3-2-4-12(9)16(13,14)15/h5-6,8-9H,2-4,7H2,1H3/t9-/m0/s1. The smallest absolute Gasteiger partial charge is 0.243 e. The highest BCUT2D eigenvalue weighted by molar-refractivity contribution is 7.83. The molecule has 6 nitrogen and oxygen atoms in total. The minimum atomic E-state index is -4.30. The number of rotatable bonds is 3. The lowest BCUT2D eigenvalue weighted by Gasteiger charge is -2.25. The number of hydrogen-bond donors (Lipinski definition) is 0. The van der Waals surface area contributed by atoms with Crippen molar-refractivity contribution in [3.63, 3.8) is 0 Å². The van der Waals surface area contributed by atoms with E-state index in [1.165, 1.54) is 0 Å². The molecule has 1 aromatic rings. The third kappa shape index (κ3) is 2.42. The van der Waals surface area contributed by atoms with Crippen molar-refractivity contribution in [1.29, 1.82) is 0 Å². The van der Waals surface area contributed by atoms with Crippen LogP contribution >= 0.6 is 0 Å². The molecule has 0 aliphatic carbocycles. The third-order valence-corrected chi connectivity index (χ3v) is 3.91. The van der Waals surface area contributed by atoms with Gasteiger partial charge in [0.25, 0.3) is 0 Å². The maximum Gasteiger partial charge on any atom is 0.243 e. The molecule has 1 fully saturated rings. The van der Waals surface area contributed by atoms with Crippen LogP contribution in [0.3, 0.4) is 0 Å². The second kappa shape index (κ2) is 4.15. The average molecular weight is 245 g/mol. The van der Waals surface area contributed by atoms with Gasteiger partial charge < -0.3 is 4.55 Å². The van der Waals surface area contributed by atoms with Crippen LogP contribution in [0.1, 0.15) is 12.8 Å². The van der Waals surface area contributed by atoms with Gasteiger partial charge in [0, 0.05) is 6.54 Å². The van der Waals surface area contributed by atoms with Crippen molar-refractivity contribution in [1.82, 2.24) is 8.87 Å².